The maximum Gasteiger partial charge on any atom is 0.407 e. The standard InChI is InChI=1S/C24H30N2O3/c1-5-18-12-9-13-20(14-18)16-25-17-22(27)21(15-19-10-7-6-8-11-19)26-23(28)29-24(2,3)4/h1,6-14,21-22,25,27H,15-17H2,2-4H3,(H,26,28). The molecule has 0 saturated carbocycles. The van der Waals surface area contributed by atoms with E-state index in [2.05, 4.69) is 16.6 Å². The summed E-state index contributed by atoms with van der Waals surface area (Å²) in [7, 11) is 0. The summed E-state index contributed by atoms with van der Waals surface area (Å²) in [5.41, 5.74) is 2.27. The molecule has 29 heavy (non-hydrogen) atoms. The van der Waals surface area contributed by atoms with Crippen molar-refractivity contribution in [3.05, 3.63) is 71.3 Å². The fourth-order valence-corrected chi connectivity index (χ4v) is 2.89. The largest absolute Gasteiger partial charge is 0.444 e. The Kier molecular flexibility index (Phi) is 8.26. The van der Waals surface area contributed by atoms with Crippen molar-refractivity contribution in [3.8, 4) is 12.3 Å². The molecule has 2 rings (SSSR count). The number of hydrogen-bond acceptors (Lipinski definition) is 4. The van der Waals surface area contributed by atoms with Gasteiger partial charge in [0.2, 0.25) is 0 Å². The van der Waals surface area contributed by atoms with Crippen molar-refractivity contribution < 1.29 is 14.6 Å². The quantitative estimate of drug-likeness (QED) is 0.601. The lowest BCUT2D eigenvalue weighted by atomic mass is 10.0. The highest BCUT2D eigenvalue weighted by Crippen LogP contribution is 2.11. The molecule has 5 nitrogen and oxygen atoms in total. The van der Waals surface area contributed by atoms with Gasteiger partial charge in [-0.15, -0.1) is 6.42 Å². The zero-order valence-corrected chi connectivity index (χ0v) is 17.3. The van der Waals surface area contributed by atoms with E-state index >= 15 is 0 Å². The summed E-state index contributed by atoms with van der Waals surface area (Å²) in [5.74, 6) is 2.61. The minimum absolute atomic E-state index is 0.313. The van der Waals surface area contributed by atoms with E-state index in [-0.39, 0.29) is 0 Å². The molecule has 5 heteroatoms. The first-order valence-electron chi connectivity index (χ1n) is 9.74. The van der Waals surface area contributed by atoms with Gasteiger partial charge in [-0.2, -0.15) is 0 Å². The van der Waals surface area contributed by atoms with Gasteiger partial charge in [-0.1, -0.05) is 48.4 Å². The summed E-state index contributed by atoms with van der Waals surface area (Å²) in [4.78, 5) is 12.2. The van der Waals surface area contributed by atoms with Crippen LogP contribution in [0.2, 0.25) is 0 Å². The number of alkyl carbamates (subject to hydrolysis) is 1. The summed E-state index contributed by atoms with van der Waals surface area (Å²) in [5, 5.41) is 16.8. The minimum atomic E-state index is -0.793. The molecule has 0 spiro atoms. The number of benzene rings is 2. The van der Waals surface area contributed by atoms with Crippen LogP contribution in [0.4, 0.5) is 4.79 Å². The van der Waals surface area contributed by atoms with Crippen LogP contribution >= 0.6 is 0 Å². The molecule has 0 saturated heterocycles. The van der Waals surface area contributed by atoms with Gasteiger partial charge in [0, 0.05) is 18.7 Å². The molecular weight excluding hydrogens is 364 g/mol. The topological polar surface area (TPSA) is 70.6 Å². The van der Waals surface area contributed by atoms with E-state index in [1.165, 1.54) is 0 Å². The Morgan fingerprint density at radius 3 is 2.48 bits per heavy atom. The molecule has 0 fully saturated rings. The third-order valence-electron chi connectivity index (χ3n) is 4.24. The third kappa shape index (κ3) is 8.39. The SMILES string of the molecule is C#Cc1cccc(CNCC(O)C(Cc2ccccc2)NC(=O)OC(C)(C)C)c1. The fraction of sp³-hybridized carbons (Fsp3) is 0.375. The lowest BCUT2D eigenvalue weighted by molar-refractivity contribution is 0.0422. The normalized spacial score (nSPS) is 13.2. The van der Waals surface area contributed by atoms with E-state index in [0.717, 1.165) is 16.7 Å². The number of aliphatic hydroxyl groups is 1. The molecule has 0 radical (unpaired) electrons. The molecule has 1 amide bonds. The van der Waals surface area contributed by atoms with Gasteiger partial charge in [0.1, 0.15) is 5.60 Å². The van der Waals surface area contributed by atoms with Gasteiger partial charge >= 0.3 is 6.09 Å². The zero-order chi connectivity index (χ0) is 21.3. The number of hydrogen-bond donors (Lipinski definition) is 3. The maximum atomic E-state index is 12.2. The number of carbonyl (C=O) groups excluding carboxylic acids is 1. The highest BCUT2D eigenvalue weighted by Gasteiger charge is 2.24. The van der Waals surface area contributed by atoms with Crippen molar-refractivity contribution in [2.45, 2.75) is 51.5 Å². The van der Waals surface area contributed by atoms with Crippen LogP contribution in [0.5, 0.6) is 0 Å². The van der Waals surface area contributed by atoms with Crippen molar-refractivity contribution >= 4 is 6.09 Å². The Morgan fingerprint density at radius 2 is 1.83 bits per heavy atom. The third-order valence-corrected chi connectivity index (χ3v) is 4.24. The second-order valence-electron chi connectivity index (χ2n) is 7.99. The predicted octanol–water partition coefficient (Wildman–Crippen LogP) is 3.25. The van der Waals surface area contributed by atoms with Gasteiger partial charge in [-0.3, -0.25) is 0 Å². The summed E-state index contributed by atoms with van der Waals surface area (Å²) in [6, 6.07) is 16.9. The van der Waals surface area contributed by atoms with Crippen LogP contribution in [0.25, 0.3) is 0 Å². The summed E-state index contributed by atoms with van der Waals surface area (Å²) >= 11 is 0. The summed E-state index contributed by atoms with van der Waals surface area (Å²) in [6.45, 7) is 6.30. The van der Waals surface area contributed by atoms with Crippen LogP contribution in [0.15, 0.2) is 54.6 Å². The monoisotopic (exact) mass is 394 g/mol. The van der Waals surface area contributed by atoms with Crippen molar-refractivity contribution in [2.75, 3.05) is 6.54 Å². The highest BCUT2D eigenvalue weighted by atomic mass is 16.6. The lowest BCUT2D eigenvalue weighted by Crippen LogP contribution is -2.49. The van der Waals surface area contributed by atoms with E-state index in [0.29, 0.717) is 19.5 Å². The fourth-order valence-electron chi connectivity index (χ4n) is 2.89. The van der Waals surface area contributed by atoms with Gasteiger partial charge in [0.25, 0.3) is 0 Å². The van der Waals surface area contributed by atoms with Crippen LogP contribution in [0.3, 0.4) is 0 Å². The van der Waals surface area contributed by atoms with E-state index in [4.69, 9.17) is 11.2 Å². The van der Waals surface area contributed by atoms with Crippen molar-refractivity contribution in [3.63, 3.8) is 0 Å². The van der Waals surface area contributed by atoms with E-state index in [1.807, 2.05) is 54.6 Å². The lowest BCUT2D eigenvalue weighted by Gasteiger charge is -2.27. The van der Waals surface area contributed by atoms with Crippen LogP contribution in [-0.4, -0.2) is 35.5 Å². The number of terminal acetylenes is 1. The van der Waals surface area contributed by atoms with Crippen LogP contribution in [-0.2, 0) is 17.7 Å². The first-order chi connectivity index (χ1) is 13.8. The van der Waals surface area contributed by atoms with Gasteiger partial charge < -0.3 is 20.5 Å². The van der Waals surface area contributed by atoms with Crippen molar-refractivity contribution in [1.29, 1.82) is 0 Å². The van der Waals surface area contributed by atoms with Crippen LogP contribution < -0.4 is 10.6 Å². The van der Waals surface area contributed by atoms with Crippen LogP contribution in [0, 0.1) is 12.3 Å². The molecule has 0 aromatic heterocycles. The number of rotatable bonds is 8. The molecule has 0 aliphatic carbocycles. The van der Waals surface area contributed by atoms with E-state index in [1.54, 1.807) is 20.8 Å². The molecule has 2 aromatic rings. The Bertz CT molecular complexity index is 822. The van der Waals surface area contributed by atoms with Gasteiger partial charge in [0.15, 0.2) is 0 Å². The molecule has 0 aliphatic heterocycles. The van der Waals surface area contributed by atoms with Gasteiger partial charge in [-0.05, 0) is 50.5 Å². The Hall–Kier alpha value is -2.81. The number of amides is 1. The number of ether oxygens (including phenoxy) is 1. The van der Waals surface area contributed by atoms with Crippen molar-refractivity contribution in [2.24, 2.45) is 0 Å². The molecule has 0 aliphatic rings. The van der Waals surface area contributed by atoms with E-state index in [9.17, 15) is 9.90 Å². The minimum Gasteiger partial charge on any atom is -0.444 e. The van der Waals surface area contributed by atoms with Crippen LogP contribution in [0.1, 0.15) is 37.5 Å². The van der Waals surface area contributed by atoms with Crippen molar-refractivity contribution in [1.82, 2.24) is 10.6 Å². The number of nitrogens with one attached hydrogen (secondary N) is 2. The average molecular weight is 395 g/mol. The van der Waals surface area contributed by atoms with E-state index < -0.39 is 23.8 Å². The Balaban J connectivity index is 1.98. The Labute approximate surface area is 173 Å². The average Bonchev–Trinajstić information content (AvgIpc) is 2.67. The summed E-state index contributed by atoms with van der Waals surface area (Å²) < 4.78 is 5.36. The molecule has 0 heterocycles. The molecule has 2 atom stereocenters. The molecule has 154 valence electrons. The maximum absolute atomic E-state index is 12.2. The van der Waals surface area contributed by atoms with Gasteiger partial charge in [0.05, 0.1) is 12.1 Å². The first kappa shape index (κ1) is 22.5. The first-order valence-corrected chi connectivity index (χ1v) is 9.74. The molecule has 2 unspecified atom stereocenters. The number of carbonyl (C=O) groups is 1. The second kappa shape index (κ2) is 10.7. The molecule has 0 bridgehead atoms. The molecular formula is C24H30N2O3. The number of aliphatic hydroxyl groups excluding tert-OH is 1. The van der Waals surface area contributed by atoms with Gasteiger partial charge in [-0.25, -0.2) is 4.79 Å². The second-order valence-corrected chi connectivity index (χ2v) is 7.99. The summed E-state index contributed by atoms with van der Waals surface area (Å²) in [6.07, 6.45) is 4.60. The smallest absolute Gasteiger partial charge is 0.407 e. The molecule has 2 aromatic carbocycles. The highest BCUT2D eigenvalue weighted by molar-refractivity contribution is 5.68. The molecule has 3 N–H and O–H groups in total. The predicted molar refractivity (Wildman–Crippen MR) is 115 cm³/mol. The zero-order valence-electron chi connectivity index (χ0n) is 17.3. The Morgan fingerprint density at radius 1 is 1.14 bits per heavy atom.